The molecule has 0 radical (unpaired) electrons. The molecule has 1 aromatic heterocycles. The number of aromatic amines is 1. The first-order chi connectivity index (χ1) is 16.1. The number of phenols is 1. The lowest BCUT2D eigenvalue weighted by molar-refractivity contribution is -0.133. The van der Waals surface area contributed by atoms with E-state index in [9.17, 15) is 19.1 Å². The number of halogens is 2. The van der Waals surface area contributed by atoms with E-state index in [-0.39, 0.29) is 41.7 Å². The van der Waals surface area contributed by atoms with Crippen LogP contribution in [0, 0.1) is 5.82 Å². The fourth-order valence-corrected chi connectivity index (χ4v) is 5.38. The van der Waals surface area contributed by atoms with Crippen LogP contribution in [0.2, 0.25) is 5.02 Å². The highest BCUT2D eigenvalue weighted by atomic mass is 35.5. The molecule has 0 spiro atoms. The van der Waals surface area contributed by atoms with Gasteiger partial charge in [0.25, 0.3) is 5.91 Å². The average molecular weight is 485 g/mol. The van der Waals surface area contributed by atoms with Gasteiger partial charge in [0.05, 0.1) is 5.02 Å². The molecule has 34 heavy (non-hydrogen) atoms. The number of aromatic hydroxyl groups is 1. The number of amides is 3. The molecular formula is C25H26ClFN4O3. The Hall–Kier alpha value is -3.10. The maximum absolute atomic E-state index is 14.2. The monoisotopic (exact) mass is 484 g/mol. The van der Waals surface area contributed by atoms with Gasteiger partial charge in [-0.1, -0.05) is 37.6 Å². The number of rotatable bonds is 5. The van der Waals surface area contributed by atoms with Gasteiger partial charge in [0.2, 0.25) is 0 Å². The molecule has 5 rings (SSSR count). The Bertz CT molecular complexity index is 1320. The van der Waals surface area contributed by atoms with Gasteiger partial charge in [-0.15, -0.1) is 0 Å². The largest absolute Gasteiger partial charge is 0.508 e. The third-order valence-corrected chi connectivity index (χ3v) is 7.07. The number of carbonyl (C=O) groups excluding carboxylic acids is 2. The topological polar surface area (TPSA) is 88.7 Å². The molecular weight excluding hydrogens is 459 g/mol. The van der Waals surface area contributed by atoms with Crippen molar-refractivity contribution in [1.29, 1.82) is 0 Å². The predicted molar refractivity (Wildman–Crippen MR) is 127 cm³/mol. The van der Waals surface area contributed by atoms with E-state index in [1.54, 1.807) is 42.2 Å². The van der Waals surface area contributed by atoms with Gasteiger partial charge < -0.3 is 15.4 Å². The number of H-pyrrole nitrogens is 1. The fraction of sp³-hybridized carbons (Fsp3) is 0.360. The molecule has 3 N–H and O–H groups in total. The molecule has 2 aliphatic rings. The van der Waals surface area contributed by atoms with Gasteiger partial charge in [-0.2, -0.15) is 0 Å². The van der Waals surface area contributed by atoms with Gasteiger partial charge in [-0.05, 0) is 42.3 Å². The van der Waals surface area contributed by atoms with Crippen LogP contribution in [0.1, 0.15) is 43.6 Å². The molecule has 1 saturated heterocycles. The van der Waals surface area contributed by atoms with E-state index in [0.717, 1.165) is 5.56 Å². The number of hydrogen-bond acceptors (Lipinski definition) is 4. The Morgan fingerprint density at radius 2 is 2.06 bits per heavy atom. The zero-order chi connectivity index (χ0) is 24.4. The second-order valence-corrected chi connectivity index (χ2v) is 9.90. The number of urea groups is 1. The first-order valence-corrected chi connectivity index (χ1v) is 11.7. The standard InChI is InChI=1S/C25H26ClFN4O3/c1-13(2)28-7-8-30-23(33)25(3)12-17-16-10-18(26)19(27)11-20(16)29-21(17)22(31(25)24(30)34)14-5-4-6-15(32)9-14/h4-6,9-11,13,22,28-29,32H,7-8,12H2,1-3H3. The van der Waals surface area contributed by atoms with E-state index in [1.165, 1.54) is 11.0 Å². The average Bonchev–Trinajstić information content (AvgIpc) is 3.19. The smallest absolute Gasteiger partial charge is 0.328 e. The van der Waals surface area contributed by atoms with E-state index in [1.807, 2.05) is 13.8 Å². The molecule has 2 aliphatic heterocycles. The van der Waals surface area contributed by atoms with Gasteiger partial charge in [-0.25, -0.2) is 9.18 Å². The summed E-state index contributed by atoms with van der Waals surface area (Å²) < 4.78 is 14.2. The van der Waals surface area contributed by atoms with Gasteiger partial charge in [-0.3, -0.25) is 14.6 Å². The molecule has 2 unspecified atom stereocenters. The lowest BCUT2D eigenvalue weighted by Crippen LogP contribution is -2.53. The zero-order valence-corrected chi connectivity index (χ0v) is 19.9. The van der Waals surface area contributed by atoms with Crippen molar-refractivity contribution in [1.82, 2.24) is 20.1 Å². The first-order valence-electron chi connectivity index (χ1n) is 11.3. The summed E-state index contributed by atoms with van der Waals surface area (Å²) in [6.07, 6.45) is 0.262. The van der Waals surface area contributed by atoms with Gasteiger partial charge in [0.15, 0.2) is 0 Å². The van der Waals surface area contributed by atoms with Gasteiger partial charge >= 0.3 is 6.03 Å². The summed E-state index contributed by atoms with van der Waals surface area (Å²) in [6, 6.07) is 8.69. The summed E-state index contributed by atoms with van der Waals surface area (Å²) in [5.41, 5.74) is 1.54. The molecule has 2 aromatic carbocycles. The number of fused-ring (bicyclic) bond motifs is 4. The summed E-state index contributed by atoms with van der Waals surface area (Å²) in [5.74, 6) is -0.779. The lowest BCUT2D eigenvalue weighted by atomic mass is 9.81. The van der Waals surface area contributed by atoms with Crippen LogP contribution in [-0.4, -0.2) is 56.5 Å². The Kier molecular flexibility index (Phi) is 5.33. The van der Waals surface area contributed by atoms with E-state index in [2.05, 4.69) is 10.3 Å². The molecule has 0 saturated carbocycles. The second-order valence-electron chi connectivity index (χ2n) is 9.50. The summed E-state index contributed by atoms with van der Waals surface area (Å²) in [5, 5.41) is 14.1. The minimum Gasteiger partial charge on any atom is -0.508 e. The highest BCUT2D eigenvalue weighted by Crippen LogP contribution is 2.49. The maximum Gasteiger partial charge on any atom is 0.328 e. The Labute approximate surface area is 201 Å². The third-order valence-electron chi connectivity index (χ3n) is 6.78. The summed E-state index contributed by atoms with van der Waals surface area (Å²) >= 11 is 6.10. The number of nitrogens with zero attached hydrogens (tertiary/aromatic N) is 2. The Morgan fingerprint density at radius 3 is 2.76 bits per heavy atom. The van der Waals surface area contributed by atoms with Crippen LogP contribution < -0.4 is 5.32 Å². The van der Waals surface area contributed by atoms with E-state index in [4.69, 9.17) is 11.6 Å². The Balaban J connectivity index is 1.68. The first kappa shape index (κ1) is 22.7. The van der Waals surface area contributed by atoms with Crippen molar-refractivity contribution in [3.05, 3.63) is 64.1 Å². The molecule has 178 valence electrons. The minimum absolute atomic E-state index is 0.00833. The molecule has 9 heteroatoms. The lowest BCUT2D eigenvalue weighted by Gasteiger charge is -2.42. The van der Waals surface area contributed by atoms with Crippen LogP contribution >= 0.6 is 11.6 Å². The van der Waals surface area contributed by atoms with Crippen molar-refractivity contribution in [3.63, 3.8) is 0 Å². The van der Waals surface area contributed by atoms with Crippen LogP contribution in [0.5, 0.6) is 5.75 Å². The Morgan fingerprint density at radius 1 is 1.29 bits per heavy atom. The van der Waals surface area contributed by atoms with Crippen molar-refractivity contribution in [3.8, 4) is 5.75 Å². The molecule has 3 aromatic rings. The highest BCUT2D eigenvalue weighted by molar-refractivity contribution is 6.31. The highest BCUT2D eigenvalue weighted by Gasteiger charge is 2.60. The van der Waals surface area contributed by atoms with Crippen LogP contribution in [0.3, 0.4) is 0 Å². The van der Waals surface area contributed by atoms with Gasteiger partial charge in [0, 0.05) is 42.1 Å². The molecule has 7 nitrogen and oxygen atoms in total. The normalized spacial score (nSPS) is 22.1. The summed E-state index contributed by atoms with van der Waals surface area (Å²) in [7, 11) is 0. The number of aromatic nitrogens is 1. The van der Waals surface area contributed by atoms with Crippen molar-refractivity contribution in [2.45, 2.75) is 44.8 Å². The summed E-state index contributed by atoms with van der Waals surface area (Å²) in [6.45, 7) is 6.51. The quantitative estimate of drug-likeness (QED) is 0.470. The molecule has 0 bridgehead atoms. The van der Waals surface area contributed by atoms with E-state index < -0.39 is 17.4 Å². The predicted octanol–water partition coefficient (Wildman–Crippen LogP) is 4.33. The SMILES string of the molecule is CC(C)NCCN1C(=O)N2C(c3cccc(O)c3)c3[nH]c4cc(F)c(Cl)cc4c3CC2(C)C1=O. The van der Waals surface area contributed by atoms with Crippen LogP contribution in [0.25, 0.3) is 10.9 Å². The zero-order valence-electron chi connectivity index (χ0n) is 19.2. The summed E-state index contributed by atoms with van der Waals surface area (Å²) in [4.78, 5) is 33.5. The molecule has 3 heterocycles. The van der Waals surface area contributed by atoms with Crippen molar-refractivity contribution < 1.29 is 19.1 Å². The van der Waals surface area contributed by atoms with Crippen LogP contribution in [0.15, 0.2) is 36.4 Å². The minimum atomic E-state index is -1.14. The molecule has 3 amide bonds. The number of nitrogens with one attached hydrogen (secondary N) is 2. The van der Waals surface area contributed by atoms with Crippen LogP contribution in [-0.2, 0) is 11.2 Å². The molecule has 0 aliphatic carbocycles. The maximum atomic E-state index is 14.2. The number of benzene rings is 2. The molecule has 2 atom stereocenters. The van der Waals surface area contributed by atoms with Crippen molar-refractivity contribution >= 4 is 34.4 Å². The van der Waals surface area contributed by atoms with Crippen molar-refractivity contribution in [2.24, 2.45) is 0 Å². The molecule has 1 fully saturated rings. The fourth-order valence-electron chi connectivity index (χ4n) is 5.21. The van der Waals surface area contributed by atoms with Crippen molar-refractivity contribution in [2.75, 3.05) is 13.1 Å². The van der Waals surface area contributed by atoms with E-state index in [0.29, 0.717) is 28.7 Å². The number of carbonyl (C=O) groups is 2. The number of hydrogen-bond donors (Lipinski definition) is 3. The van der Waals surface area contributed by atoms with Gasteiger partial charge in [0.1, 0.15) is 23.1 Å². The van der Waals surface area contributed by atoms with Crippen LogP contribution in [0.4, 0.5) is 9.18 Å². The second kappa shape index (κ2) is 7.99. The third kappa shape index (κ3) is 3.35. The number of imide groups is 1. The number of phenolic OH excluding ortho intramolecular Hbond substituents is 1. The van der Waals surface area contributed by atoms with E-state index >= 15 is 0 Å².